The normalized spacial score (nSPS) is 15.2. The van der Waals surface area contributed by atoms with Crippen molar-refractivity contribution in [1.82, 2.24) is 5.32 Å². The van der Waals surface area contributed by atoms with Crippen LogP contribution in [0.1, 0.15) is 37.4 Å². The van der Waals surface area contributed by atoms with Crippen molar-refractivity contribution in [3.63, 3.8) is 0 Å². The van der Waals surface area contributed by atoms with Gasteiger partial charge < -0.3 is 5.32 Å². The number of hydrogen-bond acceptors (Lipinski definition) is 1. The molecule has 1 aromatic rings. The van der Waals surface area contributed by atoms with Crippen molar-refractivity contribution in [3.05, 3.63) is 48.0 Å². The van der Waals surface area contributed by atoms with Gasteiger partial charge in [-0.25, -0.2) is 0 Å². The molecule has 0 fully saturated rings. The summed E-state index contributed by atoms with van der Waals surface area (Å²) in [6.07, 6.45) is -1.72. The van der Waals surface area contributed by atoms with Crippen LogP contribution in [0.15, 0.2) is 36.9 Å². The standard InChI is InChI=1S/C14H18F3N/c1-4-6-10(2)18-11(3)12-7-5-8-13(9-12)14(15,16)17/h4-5,7-11,18H,1,6H2,2-3H3. The quantitative estimate of drug-likeness (QED) is 0.774. The van der Waals surface area contributed by atoms with Crippen LogP contribution in [-0.2, 0) is 6.18 Å². The van der Waals surface area contributed by atoms with E-state index in [0.717, 1.165) is 12.5 Å². The van der Waals surface area contributed by atoms with Gasteiger partial charge in [0.2, 0.25) is 0 Å². The summed E-state index contributed by atoms with van der Waals surface area (Å²) in [7, 11) is 0. The van der Waals surface area contributed by atoms with Crippen molar-refractivity contribution in [3.8, 4) is 0 Å². The molecule has 1 nitrogen and oxygen atoms in total. The molecule has 2 atom stereocenters. The van der Waals surface area contributed by atoms with Crippen LogP contribution < -0.4 is 5.32 Å². The molecular weight excluding hydrogens is 239 g/mol. The van der Waals surface area contributed by atoms with Gasteiger partial charge in [0.15, 0.2) is 0 Å². The summed E-state index contributed by atoms with van der Waals surface area (Å²) < 4.78 is 37.7. The molecule has 100 valence electrons. The van der Waals surface area contributed by atoms with E-state index in [1.54, 1.807) is 12.1 Å². The largest absolute Gasteiger partial charge is 0.416 e. The molecule has 4 heteroatoms. The molecule has 1 aromatic carbocycles. The van der Waals surface area contributed by atoms with Gasteiger partial charge in [-0.1, -0.05) is 18.2 Å². The fraction of sp³-hybridized carbons (Fsp3) is 0.429. The van der Waals surface area contributed by atoms with Crippen molar-refractivity contribution in [2.75, 3.05) is 0 Å². The Hall–Kier alpha value is -1.29. The van der Waals surface area contributed by atoms with Crippen LogP contribution in [0, 0.1) is 0 Å². The summed E-state index contributed by atoms with van der Waals surface area (Å²) in [5, 5.41) is 3.24. The highest BCUT2D eigenvalue weighted by Crippen LogP contribution is 2.30. The van der Waals surface area contributed by atoms with Crippen molar-refractivity contribution in [1.29, 1.82) is 0 Å². The molecule has 0 saturated heterocycles. The maximum Gasteiger partial charge on any atom is 0.416 e. The van der Waals surface area contributed by atoms with Crippen LogP contribution in [0.3, 0.4) is 0 Å². The van der Waals surface area contributed by atoms with E-state index in [4.69, 9.17) is 0 Å². The van der Waals surface area contributed by atoms with E-state index < -0.39 is 11.7 Å². The fourth-order valence-electron chi connectivity index (χ4n) is 1.83. The molecule has 1 rings (SSSR count). The van der Waals surface area contributed by atoms with Gasteiger partial charge in [-0.15, -0.1) is 6.58 Å². The van der Waals surface area contributed by atoms with Crippen LogP contribution >= 0.6 is 0 Å². The van der Waals surface area contributed by atoms with Crippen LogP contribution in [0.2, 0.25) is 0 Å². The molecule has 0 aliphatic rings. The molecule has 0 radical (unpaired) electrons. The van der Waals surface area contributed by atoms with Gasteiger partial charge in [0.25, 0.3) is 0 Å². The van der Waals surface area contributed by atoms with E-state index >= 15 is 0 Å². The van der Waals surface area contributed by atoms with Crippen molar-refractivity contribution in [2.24, 2.45) is 0 Å². The molecule has 0 saturated carbocycles. The fourth-order valence-corrected chi connectivity index (χ4v) is 1.83. The molecular formula is C14H18F3N. The molecule has 0 spiro atoms. The van der Waals surface area contributed by atoms with E-state index in [1.807, 2.05) is 13.8 Å². The first-order valence-corrected chi connectivity index (χ1v) is 5.88. The summed E-state index contributed by atoms with van der Waals surface area (Å²) in [4.78, 5) is 0. The average molecular weight is 257 g/mol. The lowest BCUT2D eigenvalue weighted by Gasteiger charge is -2.20. The first-order chi connectivity index (χ1) is 8.34. The monoisotopic (exact) mass is 257 g/mol. The van der Waals surface area contributed by atoms with Crippen LogP contribution in [0.5, 0.6) is 0 Å². The number of halogens is 3. The molecule has 0 amide bonds. The Labute approximate surface area is 106 Å². The zero-order chi connectivity index (χ0) is 13.8. The molecule has 18 heavy (non-hydrogen) atoms. The maximum atomic E-state index is 12.6. The van der Waals surface area contributed by atoms with E-state index in [2.05, 4.69) is 11.9 Å². The lowest BCUT2D eigenvalue weighted by atomic mass is 10.0. The minimum Gasteiger partial charge on any atom is -0.307 e. The highest BCUT2D eigenvalue weighted by molar-refractivity contribution is 5.27. The lowest BCUT2D eigenvalue weighted by Crippen LogP contribution is -2.28. The highest BCUT2D eigenvalue weighted by Gasteiger charge is 2.30. The highest BCUT2D eigenvalue weighted by atomic mass is 19.4. The molecule has 0 heterocycles. The average Bonchev–Trinajstić information content (AvgIpc) is 2.28. The minimum absolute atomic E-state index is 0.123. The maximum absolute atomic E-state index is 12.6. The van der Waals surface area contributed by atoms with Gasteiger partial charge in [-0.2, -0.15) is 13.2 Å². The molecule has 0 aliphatic heterocycles. The zero-order valence-corrected chi connectivity index (χ0v) is 10.6. The van der Waals surface area contributed by atoms with Gasteiger partial charge >= 0.3 is 6.18 Å². The molecule has 0 aliphatic carbocycles. The molecule has 0 aromatic heterocycles. The smallest absolute Gasteiger partial charge is 0.307 e. The van der Waals surface area contributed by atoms with Crippen LogP contribution in [0.25, 0.3) is 0 Å². The summed E-state index contributed by atoms with van der Waals surface area (Å²) in [5.74, 6) is 0. The summed E-state index contributed by atoms with van der Waals surface area (Å²) >= 11 is 0. The van der Waals surface area contributed by atoms with Gasteiger partial charge in [-0.05, 0) is 38.0 Å². The van der Waals surface area contributed by atoms with Gasteiger partial charge in [0.05, 0.1) is 5.56 Å². The number of benzene rings is 1. The second-order valence-corrected chi connectivity index (χ2v) is 4.44. The van der Waals surface area contributed by atoms with Gasteiger partial charge in [0.1, 0.15) is 0 Å². The Kier molecular flexibility index (Phi) is 4.96. The SMILES string of the molecule is C=CCC(C)NC(C)c1cccc(C(F)(F)F)c1. The first-order valence-electron chi connectivity index (χ1n) is 5.88. The Morgan fingerprint density at radius 3 is 2.56 bits per heavy atom. The zero-order valence-electron chi connectivity index (χ0n) is 10.6. The summed E-state index contributed by atoms with van der Waals surface area (Å²) in [5.41, 5.74) is 0.0331. The van der Waals surface area contributed by atoms with Crippen molar-refractivity contribution >= 4 is 0 Å². The Bertz CT molecular complexity index is 398. The second kappa shape index (κ2) is 6.05. The third kappa shape index (κ3) is 4.18. The molecule has 1 N–H and O–H groups in total. The molecule has 0 bridgehead atoms. The number of hydrogen-bond donors (Lipinski definition) is 1. The first kappa shape index (κ1) is 14.8. The third-order valence-corrected chi connectivity index (χ3v) is 2.77. The number of nitrogens with one attached hydrogen (secondary N) is 1. The summed E-state index contributed by atoms with van der Waals surface area (Å²) in [6, 6.07) is 5.48. The number of alkyl halides is 3. The van der Waals surface area contributed by atoms with Crippen molar-refractivity contribution in [2.45, 2.75) is 38.5 Å². The summed E-state index contributed by atoms with van der Waals surface area (Å²) in [6.45, 7) is 7.47. The third-order valence-electron chi connectivity index (χ3n) is 2.77. The van der Waals surface area contributed by atoms with Gasteiger partial charge in [-0.3, -0.25) is 0 Å². The predicted molar refractivity (Wildman–Crippen MR) is 67.3 cm³/mol. The van der Waals surface area contributed by atoms with E-state index in [9.17, 15) is 13.2 Å². The molecule has 2 unspecified atom stereocenters. The minimum atomic E-state index is -4.29. The Balaban J connectivity index is 2.80. The van der Waals surface area contributed by atoms with Crippen molar-refractivity contribution < 1.29 is 13.2 Å². The lowest BCUT2D eigenvalue weighted by molar-refractivity contribution is -0.137. The van der Waals surface area contributed by atoms with Crippen LogP contribution in [-0.4, -0.2) is 6.04 Å². The second-order valence-electron chi connectivity index (χ2n) is 4.44. The van der Waals surface area contributed by atoms with Crippen LogP contribution in [0.4, 0.5) is 13.2 Å². The van der Waals surface area contributed by atoms with Gasteiger partial charge in [0, 0.05) is 12.1 Å². The Morgan fingerprint density at radius 2 is 2.00 bits per heavy atom. The topological polar surface area (TPSA) is 12.0 Å². The van der Waals surface area contributed by atoms with E-state index in [0.29, 0.717) is 5.56 Å². The predicted octanol–water partition coefficient (Wildman–Crippen LogP) is 4.32. The van der Waals surface area contributed by atoms with E-state index in [-0.39, 0.29) is 12.1 Å². The van der Waals surface area contributed by atoms with E-state index in [1.165, 1.54) is 12.1 Å². The Morgan fingerprint density at radius 1 is 1.33 bits per heavy atom. The number of rotatable bonds is 5.